The molecule has 1 N–H and O–H groups in total. The number of amides is 1. The summed E-state index contributed by atoms with van der Waals surface area (Å²) in [6.45, 7) is 4.68. The standard InChI is InChI=1S/C16H20N2O2S/c1-12-6-7-14(20-12)13(18-8-2-3-9-18)11-17-16(19)15-5-4-10-21-15/h4-7,10,13H,2-3,8-9,11H2,1H3,(H,17,19). The van der Waals surface area contributed by atoms with Gasteiger partial charge in [0.25, 0.3) is 5.91 Å². The molecule has 0 aliphatic carbocycles. The summed E-state index contributed by atoms with van der Waals surface area (Å²) in [6, 6.07) is 7.88. The highest BCUT2D eigenvalue weighted by molar-refractivity contribution is 7.12. The lowest BCUT2D eigenvalue weighted by Gasteiger charge is -2.26. The van der Waals surface area contributed by atoms with Crippen molar-refractivity contribution in [3.05, 3.63) is 46.0 Å². The SMILES string of the molecule is Cc1ccc(C(CNC(=O)c2cccs2)N2CCCC2)o1. The van der Waals surface area contributed by atoms with Crippen molar-refractivity contribution in [1.82, 2.24) is 10.2 Å². The van der Waals surface area contributed by atoms with Gasteiger partial charge in [0.15, 0.2) is 0 Å². The molecule has 1 fully saturated rings. The van der Waals surface area contributed by atoms with Gasteiger partial charge in [-0.2, -0.15) is 0 Å². The van der Waals surface area contributed by atoms with Gasteiger partial charge in [-0.05, 0) is 56.4 Å². The van der Waals surface area contributed by atoms with Gasteiger partial charge < -0.3 is 9.73 Å². The largest absolute Gasteiger partial charge is 0.465 e. The topological polar surface area (TPSA) is 45.5 Å². The van der Waals surface area contributed by atoms with Crippen molar-refractivity contribution in [3.8, 4) is 0 Å². The Balaban J connectivity index is 1.69. The number of nitrogens with zero attached hydrogens (tertiary/aromatic N) is 1. The van der Waals surface area contributed by atoms with Gasteiger partial charge in [0.05, 0.1) is 10.9 Å². The summed E-state index contributed by atoms with van der Waals surface area (Å²) >= 11 is 1.47. The van der Waals surface area contributed by atoms with Crippen LogP contribution in [0.5, 0.6) is 0 Å². The maximum absolute atomic E-state index is 12.1. The third-order valence-corrected chi connectivity index (χ3v) is 4.74. The molecule has 0 bridgehead atoms. The lowest BCUT2D eigenvalue weighted by molar-refractivity contribution is 0.0937. The van der Waals surface area contributed by atoms with Gasteiger partial charge in [-0.25, -0.2) is 0 Å². The molecule has 1 atom stereocenters. The van der Waals surface area contributed by atoms with E-state index in [0.717, 1.165) is 29.5 Å². The molecule has 112 valence electrons. The van der Waals surface area contributed by atoms with Crippen LogP contribution < -0.4 is 5.32 Å². The third-order valence-electron chi connectivity index (χ3n) is 3.87. The second-order valence-electron chi connectivity index (χ2n) is 5.39. The molecule has 0 radical (unpaired) electrons. The van der Waals surface area contributed by atoms with E-state index in [1.54, 1.807) is 0 Å². The summed E-state index contributed by atoms with van der Waals surface area (Å²) in [4.78, 5) is 15.3. The number of rotatable bonds is 5. The first-order chi connectivity index (χ1) is 10.2. The number of nitrogens with one attached hydrogen (secondary N) is 1. The first-order valence-corrected chi connectivity index (χ1v) is 8.24. The number of likely N-dealkylation sites (tertiary alicyclic amines) is 1. The molecule has 4 nitrogen and oxygen atoms in total. The minimum atomic E-state index is -0.00234. The fourth-order valence-electron chi connectivity index (χ4n) is 2.78. The van der Waals surface area contributed by atoms with Crippen LogP contribution in [0.25, 0.3) is 0 Å². The Kier molecular flexibility index (Phi) is 4.41. The van der Waals surface area contributed by atoms with Crippen LogP contribution in [0.1, 0.15) is 40.1 Å². The monoisotopic (exact) mass is 304 g/mol. The minimum Gasteiger partial charge on any atom is -0.465 e. The highest BCUT2D eigenvalue weighted by Gasteiger charge is 2.26. The quantitative estimate of drug-likeness (QED) is 0.922. The smallest absolute Gasteiger partial charge is 0.261 e. The number of carbonyl (C=O) groups is 1. The number of aryl methyl sites for hydroxylation is 1. The first-order valence-electron chi connectivity index (χ1n) is 7.36. The lowest BCUT2D eigenvalue weighted by atomic mass is 10.2. The van der Waals surface area contributed by atoms with E-state index in [2.05, 4.69) is 10.2 Å². The van der Waals surface area contributed by atoms with E-state index in [-0.39, 0.29) is 11.9 Å². The summed E-state index contributed by atoms with van der Waals surface area (Å²) in [6.07, 6.45) is 2.43. The van der Waals surface area contributed by atoms with Crippen molar-refractivity contribution >= 4 is 17.2 Å². The molecular formula is C16H20N2O2S. The van der Waals surface area contributed by atoms with E-state index in [1.165, 1.54) is 24.2 Å². The number of thiophene rings is 1. The van der Waals surface area contributed by atoms with Gasteiger partial charge in [-0.15, -0.1) is 11.3 Å². The molecule has 1 unspecified atom stereocenters. The first kappa shape index (κ1) is 14.4. The molecule has 1 saturated heterocycles. The molecule has 5 heteroatoms. The molecule has 3 rings (SSSR count). The van der Waals surface area contributed by atoms with E-state index < -0.39 is 0 Å². The van der Waals surface area contributed by atoms with Crippen molar-refractivity contribution in [2.24, 2.45) is 0 Å². The Labute approximate surface area is 128 Å². The average Bonchev–Trinajstić information content (AvgIpc) is 3.21. The molecule has 2 aromatic heterocycles. The summed E-state index contributed by atoms with van der Waals surface area (Å²) in [5, 5.41) is 4.96. The molecule has 1 aliphatic heterocycles. The fraction of sp³-hybridized carbons (Fsp3) is 0.438. The van der Waals surface area contributed by atoms with Gasteiger partial charge in [-0.1, -0.05) is 6.07 Å². The number of hydrogen-bond donors (Lipinski definition) is 1. The molecule has 0 saturated carbocycles. The van der Waals surface area contributed by atoms with Crippen molar-refractivity contribution < 1.29 is 9.21 Å². The second-order valence-corrected chi connectivity index (χ2v) is 6.34. The molecule has 21 heavy (non-hydrogen) atoms. The lowest BCUT2D eigenvalue weighted by Crippen LogP contribution is -2.36. The van der Waals surface area contributed by atoms with Crippen LogP contribution in [0.4, 0.5) is 0 Å². The van der Waals surface area contributed by atoms with E-state index >= 15 is 0 Å². The zero-order valence-electron chi connectivity index (χ0n) is 12.2. The van der Waals surface area contributed by atoms with E-state index in [4.69, 9.17) is 4.42 Å². The van der Waals surface area contributed by atoms with Gasteiger partial charge in [0.1, 0.15) is 11.5 Å². The zero-order chi connectivity index (χ0) is 14.7. The molecule has 0 aromatic carbocycles. The Morgan fingerprint density at radius 3 is 2.81 bits per heavy atom. The van der Waals surface area contributed by atoms with Crippen molar-refractivity contribution in [3.63, 3.8) is 0 Å². The molecule has 0 spiro atoms. The predicted octanol–water partition coefficient (Wildman–Crippen LogP) is 3.22. The fourth-order valence-corrected chi connectivity index (χ4v) is 3.42. The van der Waals surface area contributed by atoms with Gasteiger partial charge >= 0.3 is 0 Å². The van der Waals surface area contributed by atoms with E-state index in [1.807, 2.05) is 36.6 Å². The average molecular weight is 304 g/mol. The second kappa shape index (κ2) is 6.45. The third kappa shape index (κ3) is 3.36. The minimum absolute atomic E-state index is 0.00234. The molecule has 2 aromatic rings. The van der Waals surface area contributed by atoms with Gasteiger partial charge in [-0.3, -0.25) is 9.69 Å². The van der Waals surface area contributed by atoms with Crippen LogP contribution >= 0.6 is 11.3 Å². The predicted molar refractivity (Wildman–Crippen MR) is 83.6 cm³/mol. The number of carbonyl (C=O) groups excluding carboxylic acids is 1. The highest BCUT2D eigenvalue weighted by atomic mass is 32.1. The van der Waals surface area contributed by atoms with Gasteiger partial charge in [0.2, 0.25) is 0 Å². The summed E-state index contributed by atoms with van der Waals surface area (Å²) in [5.74, 6) is 1.86. The molecule has 1 amide bonds. The number of furan rings is 1. The maximum Gasteiger partial charge on any atom is 0.261 e. The van der Waals surface area contributed by atoms with Crippen LogP contribution in [-0.4, -0.2) is 30.4 Å². The van der Waals surface area contributed by atoms with Crippen molar-refractivity contribution in [1.29, 1.82) is 0 Å². The summed E-state index contributed by atoms with van der Waals surface area (Å²) < 4.78 is 5.79. The zero-order valence-corrected chi connectivity index (χ0v) is 13.0. The Morgan fingerprint density at radius 2 is 2.19 bits per heavy atom. The van der Waals surface area contributed by atoms with Crippen LogP contribution in [0.2, 0.25) is 0 Å². The van der Waals surface area contributed by atoms with Gasteiger partial charge in [0, 0.05) is 6.54 Å². The molecule has 1 aliphatic rings. The Bertz CT molecular complexity index is 585. The van der Waals surface area contributed by atoms with Crippen LogP contribution in [0.3, 0.4) is 0 Å². The van der Waals surface area contributed by atoms with E-state index in [9.17, 15) is 4.79 Å². The Hall–Kier alpha value is -1.59. The Morgan fingerprint density at radius 1 is 1.38 bits per heavy atom. The molecule has 3 heterocycles. The van der Waals surface area contributed by atoms with Crippen LogP contribution in [0, 0.1) is 6.92 Å². The normalized spacial score (nSPS) is 17.0. The van der Waals surface area contributed by atoms with Crippen molar-refractivity contribution in [2.75, 3.05) is 19.6 Å². The van der Waals surface area contributed by atoms with Crippen LogP contribution in [-0.2, 0) is 0 Å². The highest BCUT2D eigenvalue weighted by Crippen LogP contribution is 2.26. The molecular weight excluding hydrogens is 284 g/mol. The summed E-state index contributed by atoms with van der Waals surface area (Å²) in [5.41, 5.74) is 0. The van der Waals surface area contributed by atoms with E-state index in [0.29, 0.717) is 6.54 Å². The van der Waals surface area contributed by atoms with Crippen LogP contribution in [0.15, 0.2) is 34.1 Å². The van der Waals surface area contributed by atoms with Crippen molar-refractivity contribution in [2.45, 2.75) is 25.8 Å². The summed E-state index contributed by atoms with van der Waals surface area (Å²) in [7, 11) is 0. The maximum atomic E-state index is 12.1. The number of hydrogen-bond acceptors (Lipinski definition) is 4.